The van der Waals surface area contributed by atoms with E-state index in [0.29, 0.717) is 6.04 Å². The second-order valence-electron chi connectivity index (χ2n) is 6.61. The molecule has 0 aromatic rings. The molecule has 0 amide bonds. The first-order valence-corrected chi connectivity index (χ1v) is 7.59. The van der Waals surface area contributed by atoms with Gasteiger partial charge in [0.25, 0.3) is 0 Å². The second-order valence-corrected chi connectivity index (χ2v) is 6.61. The molecule has 0 aromatic heterocycles. The number of hydrogen-bond acceptors (Lipinski definition) is 2. The van der Waals surface area contributed by atoms with Crippen LogP contribution in [0, 0.1) is 17.8 Å². The van der Waals surface area contributed by atoms with E-state index in [-0.39, 0.29) is 0 Å². The van der Waals surface area contributed by atoms with Crippen LogP contribution in [0.15, 0.2) is 0 Å². The Morgan fingerprint density at radius 1 is 1.24 bits per heavy atom. The second kappa shape index (κ2) is 5.71. The lowest BCUT2D eigenvalue weighted by Crippen LogP contribution is -2.60. The van der Waals surface area contributed by atoms with Crippen molar-refractivity contribution in [2.75, 3.05) is 19.6 Å². The summed E-state index contributed by atoms with van der Waals surface area (Å²) < 4.78 is 0. The Morgan fingerprint density at radius 3 is 2.47 bits per heavy atom. The normalized spacial score (nSPS) is 33.0. The van der Waals surface area contributed by atoms with Crippen molar-refractivity contribution in [3.05, 3.63) is 0 Å². The van der Waals surface area contributed by atoms with Crippen molar-refractivity contribution in [1.82, 2.24) is 10.2 Å². The van der Waals surface area contributed by atoms with E-state index in [4.69, 9.17) is 0 Å². The number of rotatable bonds is 5. The molecule has 1 aliphatic carbocycles. The van der Waals surface area contributed by atoms with Crippen LogP contribution in [0.2, 0.25) is 0 Å². The molecule has 100 valence electrons. The lowest BCUT2D eigenvalue weighted by molar-refractivity contribution is 0.0777. The van der Waals surface area contributed by atoms with Crippen LogP contribution in [-0.2, 0) is 0 Å². The minimum atomic E-state index is 0.716. The zero-order chi connectivity index (χ0) is 12.4. The van der Waals surface area contributed by atoms with Crippen LogP contribution in [0.1, 0.15) is 47.0 Å². The maximum Gasteiger partial charge on any atom is 0.0244 e. The molecule has 1 saturated carbocycles. The van der Waals surface area contributed by atoms with E-state index in [0.717, 1.165) is 23.8 Å². The topological polar surface area (TPSA) is 15.3 Å². The average molecular weight is 238 g/mol. The van der Waals surface area contributed by atoms with Crippen LogP contribution in [0.3, 0.4) is 0 Å². The molecule has 3 atom stereocenters. The molecule has 0 spiro atoms. The first-order chi connectivity index (χ1) is 8.11. The van der Waals surface area contributed by atoms with Gasteiger partial charge in [0.1, 0.15) is 0 Å². The first kappa shape index (κ1) is 13.4. The van der Waals surface area contributed by atoms with Crippen molar-refractivity contribution in [2.24, 2.45) is 17.8 Å². The number of piperazine rings is 1. The Hall–Kier alpha value is -0.0800. The summed E-state index contributed by atoms with van der Waals surface area (Å²) in [6.07, 6.45) is 4.24. The highest BCUT2D eigenvalue weighted by Gasteiger charge is 2.34. The summed E-state index contributed by atoms with van der Waals surface area (Å²) >= 11 is 0. The molecule has 3 unspecified atom stereocenters. The molecule has 0 aromatic carbocycles. The van der Waals surface area contributed by atoms with Crippen molar-refractivity contribution in [1.29, 1.82) is 0 Å². The van der Waals surface area contributed by atoms with Gasteiger partial charge in [0.05, 0.1) is 0 Å². The largest absolute Gasteiger partial charge is 0.311 e. The van der Waals surface area contributed by atoms with Gasteiger partial charge in [0, 0.05) is 31.7 Å². The Labute approximate surface area is 107 Å². The minimum absolute atomic E-state index is 0.716. The summed E-state index contributed by atoms with van der Waals surface area (Å²) in [5, 5.41) is 3.78. The van der Waals surface area contributed by atoms with Gasteiger partial charge < -0.3 is 5.32 Å². The van der Waals surface area contributed by atoms with Crippen LogP contribution in [-0.4, -0.2) is 36.6 Å². The van der Waals surface area contributed by atoms with E-state index >= 15 is 0 Å². The highest BCUT2D eigenvalue weighted by atomic mass is 15.2. The summed E-state index contributed by atoms with van der Waals surface area (Å²) in [6.45, 7) is 13.3. The Bertz CT molecular complexity index is 235. The van der Waals surface area contributed by atoms with E-state index in [1.807, 2.05) is 0 Å². The Kier molecular flexibility index (Phi) is 4.48. The van der Waals surface area contributed by atoms with Crippen LogP contribution < -0.4 is 5.32 Å². The average Bonchev–Trinajstić information content (AvgIpc) is 3.11. The number of nitrogens with zero attached hydrogens (tertiary/aromatic N) is 1. The van der Waals surface area contributed by atoms with Crippen LogP contribution in [0.4, 0.5) is 0 Å². The van der Waals surface area contributed by atoms with E-state index in [1.165, 1.54) is 38.9 Å². The van der Waals surface area contributed by atoms with Crippen molar-refractivity contribution in [3.8, 4) is 0 Å². The first-order valence-electron chi connectivity index (χ1n) is 7.59. The van der Waals surface area contributed by atoms with Crippen LogP contribution in [0.5, 0.6) is 0 Å². The summed E-state index contributed by atoms with van der Waals surface area (Å²) in [4.78, 5) is 2.79. The maximum atomic E-state index is 3.78. The van der Waals surface area contributed by atoms with E-state index < -0.39 is 0 Å². The summed E-state index contributed by atoms with van der Waals surface area (Å²) in [7, 11) is 0. The standard InChI is InChI=1S/C15H30N2/c1-5-12(4)14-10-17(9-13-6-7-13)15(8-16-14)11(2)3/h11-16H,5-10H2,1-4H3. The van der Waals surface area contributed by atoms with Gasteiger partial charge in [-0.05, 0) is 30.6 Å². The zero-order valence-electron chi connectivity index (χ0n) is 12.1. The van der Waals surface area contributed by atoms with Gasteiger partial charge in [-0.15, -0.1) is 0 Å². The third-order valence-corrected chi connectivity index (χ3v) is 4.78. The predicted molar refractivity (Wildman–Crippen MR) is 74.2 cm³/mol. The Morgan fingerprint density at radius 2 is 1.94 bits per heavy atom. The molecule has 0 radical (unpaired) electrons. The minimum Gasteiger partial charge on any atom is -0.311 e. The highest BCUT2D eigenvalue weighted by molar-refractivity contribution is 4.92. The predicted octanol–water partition coefficient (Wildman–Crippen LogP) is 2.74. The van der Waals surface area contributed by atoms with Gasteiger partial charge in [-0.25, -0.2) is 0 Å². The number of hydrogen-bond donors (Lipinski definition) is 1. The molecular weight excluding hydrogens is 208 g/mol. The summed E-state index contributed by atoms with van der Waals surface area (Å²) in [5.41, 5.74) is 0. The van der Waals surface area contributed by atoms with Crippen molar-refractivity contribution in [3.63, 3.8) is 0 Å². The van der Waals surface area contributed by atoms with E-state index in [2.05, 4.69) is 37.9 Å². The molecule has 2 heteroatoms. The quantitative estimate of drug-likeness (QED) is 0.792. The third kappa shape index (κ3) is 3.45. The maximum absolute atomic E-state index is 3.78. The summed E-state index contributed by atoms with van der Waals surface area (Å²) in [5.74, 6) is 2.61. The van der Waals surface area contributed by atoms with Gasteiger partial charge >= 0.3 is 0 Å². The molecule has 2 rings (SSSR count). The molecule has 1 saturated heterocycles. The fraction of sp³-hybridized carbons (Fsp3) is 1.00. The van der Waals surface area contributed by atoms with Gasteiger partial charge in [-0.2, -0.15) is 0 Å². The molecule has 1 heterocycles. The molecule has 2 aliphatic rings. The highest BCUT2D eigenvalue weighted by Crippen LogP contribution is 2.32. The van der Waals surface area contributed by atoms with Crippen molar-refractivity contribution in [2.45, 2.75) is 59.0 Å². The van der Waals surface area contributed by atoms with E-state index in [9.17, 15) is 0 Å². The Balaban J connectivity index is 1.93. The molecule has 1 aliphatic heterocycles. The molecule has 17 heavy (non-hydrogen) atoms. The van der Waals surface area contributed by atoms with Gasteiger partial charge in [0.15, 0.2) is 0 Å². The molecular formula is C15H30N2. The number of nitrogens with one attached hydrogen (secondary N) is 1. The van der Waals surface area contributed by atoms with E-state index in [1.54, 1.807) is 0 Å². The lowest BCUT2D eigenvalue weighted by Gasteiger charge is -2.44. The molecule has 2 fully saturated rings. The van der Waals surface area contributed by atoms with Crippen molar-refractivity contribution < 1.29 is 0 Å². The van der Waals surface area contributed by atoms with Gasteiger partial charge in [0.2, 0.25) is 0 Å². The smallest absolute Gasteiger partial charge is 0.0244 e. The van der Waals surface area contributed by atoms with Gasteiger partial charge in [-0.3, -0.25) is 4.90 Å². The monoisotopic (exact) mass is 238 g/mol. The van der Waals surface area contributed by atoms with Crippen LogP contribution in [0.25, 0.3) is 0 Å². The molecule has 2 nitrogen and oxygen atoms in total. The zero-order valence-corrected chi connectivity index (χ0v) is 12.1. The molecule has 0 bridgehead atoms. The lowest BCUT2D eigenvalue weighted by atomic mass is 9.92. The fourth-order valence-electron chi connectivity index (χ4n) is 3.02. The summed E-state index contributed by atoms with van der Waals surface area (Å²) in [6, 6.07) is 1.48. The molecule has 1 N–H and O–H groups in total. The van der Waals surface area contributed by atoms with Crippen LogP contribution >= 0.6 is 0 Å². The van der Waals surface area contributed by atoms with Crippen molar-refractivity contribution >= 4 is 0 Å². The fourth-order valence-corrected chi connectivity index (χ4v) is 3.02. The third-order valence-electron chi connectivity index (χ3n) is 4.78. The SMILES string of the molecule is CCC(C)C1CN(CC2CC2)C(C(C)C)CN1. The van der Waals surface area contributed by atoms with Gasteiger partial charge in [-0.1, -0.05) is 34.1 Å².